The highest BCUT2D eigenvalue weighted by molar-refractivity contribution is 7.79. The molecule has 0 fully saturated rings. The second-order valence-electron chi connectivity index (χ2n) is 5.26. The van der Waals surface area contributed by atoms with E-state index in [-0.39, 0.29) is 5.56 Å². The lowest BCUT2D eigenvalue weighted by Crippen LogP contribution is -2.16. The summed E-state index contributed by atoms with van der Waals surface area (Å²) in [5.74, 6) is 0.260. The van der Waals surface area contributed by atoms with Crippen LogP contribution in [0.25, 0.3) is 11.0 Å². The molecule has 1 heterocycles. The number of allylic oxidation sites excluding steroid dienone is 3. The number of thiol groups is 1. The highest BCUT2D eigenvalue weighted by atomic mass is 32.1. The number of carbonyl (C=O) groups is 1. The normalized spacial score (nSPS) is 12.0. The molecule has 0 aliphatic heterocycles. The average Bonchev–Trinajstić information content (AvgIpc) is 2.58. The molecule has 0 spiro atoms. The first kappa shape index (κ1) is 18.1. The first-order chi connectivity index (χ1) is 11.6. The Morgan fingerprint density at radius 1 is 1.33 bits per heavy atom. The third-order valence-electron chi connectivity index (χ3n) is 3.37. The topological polar surface area (TPSA) is 56.5 Å². The number of rotatable bonds is 6. The van der Waals surface area contributed by atoms with E-state index in [1.165, 1.54) is 6.07 Å². The van der Waals surface area contributed by atoms with Gasteiger partial charge in [-0.2, -0.15) is 12.6 Å². The molecule has 1 aromatic carbocycles. The maximum Gasteiger partial charge on any atom is 0.351 e. The number of esters is 1. The molecule has 5 heteroatoms. The molecule has 0 unspecified atom stereocenters. The third kappa shape index (κ3) is 4.38. The predicted octanol–water partition coefficient (Wildman–Crippen LogP) is 4.64. The minimum absolute atomic E-state index is 0.120. The fourth-order valence-corrected chi connectivity index (χ4v) is 2.37. The van der Waals surface area contributed by atoms with E-state index in [1.807, 2.05) is 32.1 Å². The van der Waals surface area contributed by atoms with Crippen molar-refractivity contribution in [2.75, 3.05) is 0 Å². The van der Waals surface area contributed by atoms with Gasteiger partial charge in [0.1, 0.15) is 16.9 Å². The molecule has 0 bridgehead atoms. The Bertz CT molecular complexity index is 846. The van der Waals surface area contributed by atoms with E-state index in [2.05, 4.69) is 12.6 Å². The first-order valence-electron chi connectivity index (χ1n) is 7.81. The molecule has 0 N–H and O–H groups in total. The summed E-state index contributed by atoms with van der Waals surface area (Å²) >= 11 is 4.22. The summed E-state index contributed by atoms with van der Waals surface area (Å²) in [6.07, 6.45) is 7.00. The van der Waals surface area contributed by atoms with Crippen molar-refractivity contribution < 1.29 is 13.9 Å². The molecule has 0 aliphatic rings. The van der Waals surface area contributed by atoms with Crippen molar-refractivity contribution in [3.8, 4) is 0 Å². The fraction of sp³-hybridized carbons (Fsp3) is 0.263. The summed E-state index contributed by atoms with van der Waals surface area (Å²) in [7, 11) is 0. The van der Waals surface area contributed by atoms with E-state index in [9.17, 15) is 9.59 Å². The smallest absolute Gasteiger partial charge is 0.351 e. The van der Waals surface area contributed by atoms with Crippen LogP contribution in [0.1, 0.15) is 42.6 Å². The van der Waals surface area contributed by atoms with Gasteiger partial charge in [0.2, 0.25) is 0 Å². The van der Waals surface area contributed by atoms with Gasteiger partial charge in [0.05, 0.1) is 0 Å². The van der Waals surface area contributed by atoms with Crippen LogP contribution in [0.4, 0.5) is 0 Å². The Morgan fingerprint density at radius 3 is 2.79 bits per heavy atom. The summed E-state index contributed by atoms with van der Waals surface area (Å²) in [4.78, 5) is 24.4. The summed E-state index contributed by atoms with van der Waals surface area (Å²) < 4.78 is 10.5. The van der Waals surface area contributed by atoms with E-state index in [0.717, 1.165) is 18.4 Å². The van der Waals surface area contributed by atoms with Crippen molar-refractivity contribution in [2.45, 2.75) is 32.4 Å². The molecule has 0 atom stereocenters. The van der Waals surface area contributed by atoms with Gasteiger partial charge in [-0.15, -0.1) is 0 Å². The Balaban J connectivity index is 2.37. The second-order valence-corrected chi connectivity index (χ2v) is 5.58. The van der Waals surface area contributed by atoms with Crippen LogP contribution in [0, 0.1) is 0 Å². The molecule has 2 rings (SSSR count). The molecule has 1 aromatic heterocycles. The van der Waals surface area contributed by atoms with Gasteiger partial charge in [-0.3, -0.25) is 0 Å². The molecular weight excluding hydrogens is 324 g/mol. The number of hydrogen-bond acceptors (Lipinski definition) is 5. The molecule has 0 amide bonds. The van der Waals surface area contributed by atoms with Gasteiger partial charge in [0, 0.05) is 11.1 Å². The Labute approximate surface area is 146 Å². The summed E-state index contributed by atoms with van der Waals surface area (Å²) in [6.45, 7) is 3.86. The zero-order valence-electron chi connectivity index (χ0n) is 13.7. The van der Waals surface area contributed by atoms with Gasteiger partial charge in [-0.25, -0.2) is 9.59 Å². The molecule has 0 radical (unpaired) electrons. The van der Waals surface area contributed by atoms with Crippen LogP contribution in [-0.4, -0.2) is 5.97 Å². The van der Waals surface area contributed by atoms with Crippen LogP contribution in [-0.2, 0) is 10.5 Å². The van der Waals surface area contributed by atoms with E-state index in [1.54, 1.807) is 18.2 Å². The van der Waals surface area contributed by atoms with E-state index >= 15 is 0 Å². The summed E-state index contributed by atoms with van der Waals surface area (Å²) in [5.41, 5.74) is 0.570. The van der Waals surface area contributed by atoms with Crippen LogP contribution in [0.5, 0.6) is 0 Å². The largest absolute Gasteiger partial charge is 0.423 e. The number of carbonyl (C=O) groups excluding carboxylic acids is 1. The Hall–Kier alpha value is -2.27. The summed E-state index contributed by atoms with van der Waals surface area (Å²) in [6, 6.07) is 6.86. The van der Waals surface area contributed by atoms with Crippen molar-refractivity contribution in [1.82, 2.24) is 0 Å². The predicted molar refractivity (Wildman–Crippen MR) is 98.4 cm³/mol. The maximum absolute atomic E-state index is 12.3. The molecule has 4 nitrogen and oxygen atoms in total. The van der Waals surface area contributed by atoms with E-state index in [4.69, 9.17) is 9.15 Å². The second kappa shape index (κ2) is 8.55. The molecule has 0 aliphatic carbocycles. The molecular formula is C19H20O4S. The van der Waals surface area contributed by atoms with Gasteiger partial charge in [0.25, 0.3) is 0 Å². The lowest BCUT2D eigenvalue weighted by Gasteiger charge is -2.06. The molecule has 0 saturated heterocycles. The van der Waals surface area contributed by atoms with Gasteiger partial charge >= 0.3 is 11.6 Å². The van der Waals surface area contributed by atoms with Crippen molar-refractivity contribution >= 4 is 29.6 Å². The van der Waals surface area contributed by atoms with Gasteiger partial charge in [-0.05, 0) is 49.3 Å². The van der Waals surface area contributed by atoms with Crippen molar-refractivity contribution in [2.24, 2.45) is 0 Å². The zero-order valence-corrected chi connectivity index (χ0v) is 14.6. The van der Waals surface area contributed by atoms with Crippen LogP contribution in [0.2, 0.25) is 0 Å². The average molecular weight is 344 g/mol. The van der Waals surface area contributed by atoms with Crippen LogP contribution >= 0.6 is 12.6 Å². The quantitative estimate of drug-likeness (QED) is 0.273. The van der Waals surface area contributed by atoms with E-state index < -0.39 is 11.6 Å². The lowest BCUT2D eigenvalue weighted by molar-refractivity contribution is 0.0631. The number of hydrogen-bond donors (Lipinski definition) is 1. The van der Waals surface area contributed by atoms with Gasteiger partial charge in [0.15, 0.2) is 0 Å². The number of fused-ring (bicyclic) bond motifs is 1. The minimum Gasteiger partial charge on any atom is -0.423 e. The zero-order chi connectivity index (χ0) is 17.5. The maximum atomic E-state index is 12.3. The van der Waals surface area contributed by atoms with Gasteiger partial charge in [-0.1, -0.05) is 25.5 Å². The minimum atomic E-state index is -0.720. The van der Waals surface area contributed by atoms with Crippen molar-refractivity contribution in [3.05, 3.63) is 69.8 Å². The SMILES string of the molecule is C/C=C\C(=C/CCC)OC(=O)c1cc2cc(CS)ccc2oc1=O. The molecule has 0 saturated carbocycles. The highest BCUT2D eigenvalue weighted by Crippen LogP contribution is 2.18. The van der Waals surface area contributed by atoms with Crippen LogP contribution in [0.15, 0.2) is 57.5 Å². The van der Waals surface area contributed by atoms with Crippen molar-refractivity contribution in [3.63, 3.8) is 0 Å². The lowest BCUT2D eigenvalue weighted by atomic mass is 10.1. The highest BCUT2D eigenvalue weighted by Gasteiger charge is 2.16. The van der Waals surface area contributed by atoms with Crippen LogP contribution in [0.3, 0.4) is 0 Å². The monoisotopic (exact) mass is 344 g/mol. The molecule has 126 valence electrons. The Morgan fingerprint density at radius 2 is 2.12 bits per heavy atom. The van der Waals surface area contributed by atoms with E-state index in [0.29, 0.717) is 22.5 Å². The van der Waals surface area contributed by atoms with Crippen LogP contribution < -0.4 is 5.63 Å². The van der Waals surface area contributed by atoms with Gasteiger partial charge < -0.3 is 9.15 Å². The number of ether oxygens (including phenoxy) is 1. The standard InChI is InChI=1S/C19H20O4S/c1-3-5-7-15(6-4-2)22-18(20)16-11-14-10-13(12-24)8-9-17(14)23-19(16)21/h4,6-11,24H,3,5,12H2,1-2H3/b6-4-,15-7+. The van der Waals surface area contributed by atoms with Crippen molar-refractivity contribution in [1.29, 1.82) is 0 Å². The summed E-state index contributed by atoms with van der Waals surface area (Å²) in [5, 5.41) is 0.665. The number of unbranched alkanes of at least 4 members (excludes halogenated alkanes) is 1. The number of benzene rings is 1. The Kier molecular flexibility index (Phi) is 6.44. The fourth-order valence-electron chi connectivity index (χ4n) is 2.17. The molecule has 2 aromatic rings. The third-order valence-corrected chi connectivity index (χ3v) is 3.74. The molecule has 24 heavy (non-hydrogen) atoms. The first-order valence-corrected chi connectivity index (χ1v) is 8.45.